The third-order valence-electron chi connectivity index (χ3n) is 5.16. The number of likely N-dealkylation sites (tertiary alicyclic amines) is 1. The quantitative estimate of drug-likeness (QED) is 0.843. The molecular formula is C18H23N3O4. The van der Waals surface area contributed by atoms with Crippen molar-refractivity contribution < 1.29 is 19.1 Å². The first-order chi connectivity index (χ1) is 12.2. The Morgan fingerprint density at radius 2 is 1.84 bits per heavy atom. The minimum absolute atomic E-state index is 0.0836. The molecule has 25 heavy (non-hydrogen) atoms. The van der Waals surface area contributed by atoms with E-state index in [2.05, 4.69) is 10.2 Å². The molecule has 2 fully saturated rings. The molecule has 0 radical (unpaired) electrons. The number of rotatable bonds is 2. The van der Waals surface area contributed by atoms with E-state index in [0.29, 0.717) is 57.0 Å². The smallest absolute Gasteiger partial charge is 0.258 e. The standard InChI is InChI=1S/C18H23N3O4/c22-16(21-9-11-24-12-10-21)13-20-7-5-18(6-8-20)19-17(23)14-3-1-2-4-15(14)25-18/h1-4H,5-13H2,(H,19,23). The fraction of sp³-hybridized carbons (Fsp3) is 0.556. The van der Waals surface area contributed by atoms with Crippen LogP contribution in [0.3, 0.4) is 0 Å². The van der Waals surface area contributed by atoms with Crippen molar-refractivity contribution in [2.45, 2.75) is 18.6 Å². The molecule has 1 aromatic rings. The molecule has 1 spiro atoms. The maximum Gasteiger partial charge on any atom is 0.258 e. The number of ether oxygens (including phenoxy) is 2. The Hall–Kier alpha value is -2.12. The summed E-state index contributed by atoms with van der Waals surface area (Å²) in [4.78, 5) is 28.7. The predicted molar refractivity (Wildman–Crippen MR) is 90.3 cm³/mol. The molecule has 7 heteroatoms. The summed E-state index contributed by atoms with van der Waals surface area (Å²) in [5.74, 6) is 0.710. The van der Waals surface area contributed by atoms with Crippen molar-refractivity contribution in [1.82, 2.24) is 15.1 Å². The SMILES string of the molecule is O=C1NC2(CCN(CC(=O)N3CCOCC3)CC2)Oc2ccccc21. The largest absolute Gasteiger partial charge is 0.467 e. The van der Waals surface area contributed by atoms with Crippen LogP contribution in [-0.2, 0) is 9.53 Å². The molecule has 7 nitrogen and oxygen atoms in total. The van der Waals surface area contributed by atoms with Crippen LogP contribution in [-0.4, -0.2) is 73.3 Å². The van der Waals surface area contributed by atoms with Crippen molar-refractivity contribution in [1.29, 1.82) is 0 Å². The average molecular weight is 345 g/mol. The molecule has 3 aliphatic heterocycles. The lowest BCUT2D eigenvalue weighted by Gasteiger charge is -2.44. The minimum atomic E-state index is -0.649. The average Bonchev–Trinajstić information content (AvgIpc) is 2.64. The highest BCUT2D eigenvalue weighted by atomic mass is 16.5. The number of para-hydroxylation sites is 1. The molecule has 0 saturated carbocycles. The van der Waals surface area contributed by atoms with Gasteiger partial charge in [0.15, 0.2) is 5.72 Å². The van der Waals surface area contributed by atoms with E-state index in [1.807, 2.05) is 23.1 Å². The van der Waals surface area contributed by atoms with Crippen LogP contribution in [0.25, 0.3) is 0 Å². The molecule has 0 atom stereocenters. The third-order valence-corrected chi connectivity index (χ3v) is 5.16. The Bertz CT molecular complexity index is 664. The number of fused-ring (bicyclic) bond motifs is 1. The van der Waals surface area contributed by atoms with Gasteiger partial charge in [0.25, 0.3) is 5.91 Å². The summed E-state index contributed by atoms with van der Waals surface area (Å²) in [5, 5.41) is 3.03. The predicted octanol–water partition coefficient (Wildman–Crippen LogP) is 0.460. The molecular weight excluding hydrogens is 322 g/mol. The Balaban J connectivity index is 1.35. The summed E-state index contributed by atoms with van der Waals surface area (Å²) in [6.07, 6.45) is 1.34. The van der Waals surface area contributed by atoms with E-state index in [1.165, 1.54) is 0 Å². The number of morpholine rings is 1. The summed E-state index contributed by atoms with van der Waals surface area (Å²) in [7, 11) is 0. The number of hydrogen-bond donors (Lipinski definition) is 1. The second kappa shape index (κ2) is 6.65. The van der Waals surface area contributed by atoms with Gasteiger partial charge >= 0.3 is 0 Å². The fourth-order valence-corrected chi connectivity index (χ4v) is 3.66. The molecule has 0 bridgehead atoms. The van der Waals surface area contributed by atoms with Gasteiger partial charge in [-0.15, -0.1) is 0 Å². The molecule has 1 aromatic carbocycles. The van der Waals surface area contributed by atoms with E-state index < -0.39 is 5.72 Å². The summed E-state index contributed by atoms with van der Waals surface area (Å²) in [6.45, 7) is 4.44. The van der Waals surface area contributed by atoms with Gasteiger partial charge in [0.1, 0.15) is 5.75 Å². The fourth-order valence-electron chi connectivity index (χ4n) is 3.66. The van der Waals surface area contributed by atoms with Crippen molar-refractivity contribution in [2.24, 2.45) is 0 Å². The molecule has 134 valence electrons. The molecule has 0 aromatic heterocycles. The zero-order valence-electron chi connectivity index (χ0n) is 14.2. The molecule has 0 aliphatic carbocycles. The topological polar surface area (TPSA) is 71.1 Å². The Morgan fingerprint density at radius 3 is 2.60 bits per heavy atom. The van der Waals surface area contributed by atoms with Crippen molar-refractivity contribution in [2.75, 3.05) is 45.9 Å². The lowest BCUT2D eigenvalue weighted by atomic mass is 9.97. The lowest BCUT2D eigenvalue weighted by Crippen LogP contribution is -2.61. The molecule has 2 amide bonds. The van der Waals surface area contributed by atoms with Gasteiger partial charge in [0.2, 0.25) is 5.91 Å². The number of carbonyl (C=O) groups excluding carboxylic acids is 2. The zero-order chi connectivity index (χ0) is 17.3. The van der Waals surface area contributed by atoms with E-state index in [-0.39, 0.29) is 11.8 Å². The van der Waals surface area contributed by atoms with E-state index in [9.17, 15) is 9.59 Å². The molecule has 0 unspecified atom stereocenters. The highest BCUT2D eigenvalue weighted by Gasteiger charge is 2.42. The Kier molecular flexibility index (Phi) is 4.35. The normalized spacial score (nSPS) is 22.9. The van der Waals surface area contributed by atoms with E-state index in [0.717, 1.165) is 13.1 Å². The summed E-state index contributed by atoms with van der Waals surface area (Å²) in [6, 6.07) is 7.32. The Morgan fingerprint density at radius 1 is 1.12 bits per heavy atom. The lowest BCUT2D eigenvalue weighted by molar-refractivity contribution is -0.137. The number of hydrogen-bond acceptors (Lipinski definition) is 5. The van der Waals surface area contributed by atoms with Crippen LogP contribution >= 0.6 is 0 Å². The molecule has 1 N–H and O–H groups in total. The zero-order valence-corrected chi connectivity index (χ0v) is 14.2. The van der Waals surface area contributed by atoms with Gasteiger partial charge in [0, 0.05) is 39.0 Å². The van der Waals surface area contributed by atoms with Crippen LogP contribution in [0.1, 0.15) is 23.2 Å². The number of amides is 2. The van der Waals surface area contributed by atoms with Crippen LogP contribution in [0.4, 0.5) is 0 Å². The van der Waals surface area contributed by atoms with Crippen molar-refractivity contribution in [3.8, 4) is 5.75 Å². The van der Waals surface area contributed by atoms with Gasteiger partial charge < -0.3 is 19.7 Å². The first kappa shape index (κ1) is 16.4. The van der Waals surface area contributed by atoms with Gasteiger partial charge in [-0.2, -0.15) is 0 Å². The highest BCUT2D eigenvalue weighted by Crippen LogP contribution is 2.33. The van der Waals surface area contributed by atoms with E-state index >= 15 is 0 Å². The van der Waals surface area contributed by atoms with Gasteiger partial charge in [-0.05, 0) is 12.1 Å². The number of benzene rings is 1. The summed E-state index contributed by atoms with van der Waals surface area (Å²) in [5.41, 5.74) is -0.0673. The van der Waals surface area contributed by atoms with Crippen LogP contribution in [0, 0.1) is 0 Å². The molecule has 2 saturated heterocycles. The number of nitrogens with zero attached hydrogens (tertiary/aromatic N) is 2. The second-order valence-corrected chi connectivity index (χ2v) is 6.82. The number of piperidine rings is 1. The first-order valence-corrected chi connectivity index (χ1v) is 8.84. The van der Waals surface area contributed by atoms with Gasteiger partial charge in [-0.3, -0.25) is 14.5 Å². The monoisotopic (exact) mass is 345 g/mol. The van der Waals surface area contributed by atoms with Crippen molar-refractivity contribution in [3.05, 3.63) is 29.8 Å². The maximum atomic E-state index is 12.4. The van der Waals surface area contributed by atoms with Crippen molar-refractivity contribution in [3.63, 3.8) is 0 Å². The maximum absolute atomic E-state index is 12.4. The van der Waals surface area contributed by atoms with Crippen LogP contribution in [0.5, 0.6) is 5.75 Å². The highest BCUT2D eigenvalue weighted by molar-refractivity contribution is 5.98. The molecule has 3 aliphatic rings. The van der Waals surface area contributed by atoms with Crippen molar-refractivity contribution >= 4 is 11.8 Å². The number of carbonyl (C=O) groups is 2. The van der Waals surface area contributed by atoms with Gasteiger partial charge in [0.05, 0.1) is 25.3 Å². The van der Waals surface area contributed by atoms with Crippen LogP contribution in [0.15, 0.2) is 24.3 Å². The van der Waals surface area contributed by atoms with E-state index in [4.69, 9.17) is 9.47 Å². The van der Waals surface area contributed by atoms with Gasteiger partial charge in [-0.25, -0.2) is 0 Å². The summed E-state index contributed by atoms with van der Waals surface area (Å²) < 4.78 is 11.4. The van der Waals surface area contributed by atoms with Crippen LogP contribution in [0.2, 0.25) is 0 Å². The minimum Gasteiger partial charge on any atom is -0.467 e. The van der Waals surface area contributed by atoms with Gasteiger partial charge in [-0.1, -0.05) is 12.1 Å². The molecule has 3 heterocycles. The first-order valence-electron chi connectivity index (χ1n) is 8.84. The third kappa shape index (κ3) is 3.34. The Labute approximate surface area is 146 Å². The van der Waals surface area contributed by atoms with E-state index in [1.54, 1.807) is 6.07 Å². The summed E-state index contributed by atoms with van der Waals surface area (Å²) >= 11 is 0. The second-order valence-electron chi connectivity index (χ2n) is 6.82. The van der Waals surface area contributed by atoms with Crippen LogP contribution < -0.4 is 10.1 Å². The molecule has 4 rings (SSSR count). The number of nitrogens with one attached hydrogen (secondary N) is 1.